The first-order valence-electron chi connectivity index (χ1n) is 10.8. The Balaban J connectivity index is 1.48. The maximum Gasteiger partial charge on any atom is 0.213 e. The number of quaternary nitrogens is 1. The molecule has 5 atom stereocenters. The highest BCUT2D eigenvalue weighted by molar-refractivity contribution is 5.79. The van der Waals surface area contributed by atoms with Crippen molar-refractivity contribution < 1.29 is 14.6 Å². The first kappa shape index (κ1) is 18.5. The van der Waals surface area contributed by atoms with E-state index in [0.29, 0.717) is 17.9 Å². The number of para-hydroxylation sites is 1. The van der Waals surface area contributed by atoms with Crippen molar-refractivity contribution in [3.63, 3.8) is 0 Å². The summed E-state index contributed by atoms with van der Waals surface area (Å²) in [5, 5.41) is 12.6. The molecular weight excluding hydrogens is 356 g/mol. The number of fused-ring (bicyclic) bond motifs is 4. The number of aliphatic hydroxyl groups excluding tert-OH is 1. The Kier molecular flexibility index (Phi) is 4.94. The third-order valence-electron chi connectivity index (χ3n) is 7.18. The van der Waals surface area contributed by atoms with Crippen LogP contribution >= 0.6 is 0 Å². The molecule has 0 radical (unpaired) electrons. The number of nitrogens with one attached hydrogen (secondary N) is 1. The number of aromatic nitrogens is 1. The second kappa shape index (κ2) is 7.74. The van der Waals surface area contributed by atoms with Crippen molar-refractivity contribution in [3.8, 4) is 0 Å². The van der Waals surface area contributed by atoms with Crippen molar-refractivity contribution >= 4 is 10.9 Å². The number of nitrogens with zero attached hydrogens (tertiary/aromatic N) is 1. The number of hydrogen-bond donors (Lipinski definition) is 2. The van der Waals surface area contributed by atoms with Gasteiger partial charge in [-0.2, -0.15) is 4.57 Å². The summed E-state index contributed by atoms with van der Waals surface area (Å²) in [4.78, 5) is 1.55. The van der Waals surface area contributed by atoms with Crippen LogP contribution in [0.15, 0.2) is 79.5 Å². The lowest BCUT2D eigenvalue weighted by Gasteiger charge is -2.47. The number of piperidine rings is 3. The predicted octanol–water partition coefficient (Wildman–Crippen LogP) is 2.69. The van der Waals surface area contributed by atoms with Gasteiger partial charge in [-0.05, 0) is 12.0 Å². The fraction of sp³-hybridized carbons (Fsp3) is 0.346. The van der Waals surface area contributed by atoms with E-state index < -0.39 is 6.10 Å². The normalized spacial score (nSPS) is 27.1. The third kappa shape index (κ3) is 3.39. The summed E-state index contributed by atoms with van der Waals surface area (Å²) in [6.45, 7) is 7.17. The summed E-state index contributed by atoms with van der Waals surface area (Å²) < 4.78 is 2.29. The molecule has 2 bridgehead atoms. The average Bonchev–Trinajstić information content (AvgIpc) is 2.79. The highest BCUT2D eigenvalue weighted by Gasteiger charge is 2.46. The molecule has 29 heavy (non-hydrogen) atoms. The Hall–Kier alpha value is -2.49. The van der Waals surface area contributed by atoms with E-state index in [4.69, 9.17) is 0 Å². The molecule has 0 spiro atoms. The fourth-order valence-electron chi connectivity index (χ4n) is 5.61. The summed E-state index contributed by atoms with van der Waals surface area (Å²) in [5.41, 5.74) is 3.54. The third-order valence-corrected chi connectivity index (χ3v) is 7.18. The van der Waals surface area contributed by atoms with E-state index in [1.165, 1.54) is 29.4 Å². The van der Waals surface area contributed by atoms with Crippen LogP contribution in [0.25, 0.3) is 10.9 Å². The molecule has 3 saturated heterocycles. The zero-order valence-corrected chi connectivity index (χ0v) is 16.9. The Bertz CT molecular complexity index is 1020. The molecule has 2 aromatic carbocycles. The minimum absolute atomic E-state index is 0.290. The monoisotopic (exact) mass is 386 g/mol. The summed E-state index contributed by atoms with van der Waals surface area (Å²) in [6.07, 6.45) is 6.22. The highest BCUT2D eigenvalue weighted by atomic mass is 16.3. The van der Waals surface area contributed by atoms with Crippen molar-refractivity contribution in [1.82, 2.24) is 0 Å². The van der Waals surface area contributed by atoms with E-state index in [1.54, 1.807) is 4.90 Å². The Labute approximate surface area is 172 Å². The smallest absolute Gasteiger partial charge is 0.213 e. The maximum atomic E-state index is 11.4. The van der Waals surface area contributed by atoms with E-state index in [-0.39, 0.29) is 0 Å². The SMILES string of the molecule is C=C[C@H]1C[NH+]2CC[C@H]1C[C@H]2[C@H](O)c1cc[n+](Cc2ccccc2)c2ccccc12. The number of hydrogen-bond acceptors (Lipinski definition) is 1. The molecule has 3 heteroatoms. The van der Waals surface area contributed by atoms with Crippen LogP contribution in [0.1, 0.15) is 30.1 Å². The summed E-state index contributed by atoms with van der Waals surface area (Å²) in [6, 6.07) is 21.5. The van der Waals surface area contributed by atoms with Crippen LogP contribution in [0, 0.1) is 11.8 Å². The van der Waals surface area contributed by atoms with Crippen LogP contribution < -0.4 is 9.47 Å². The molecule has 2 N–H and O–H groups in total. The number of rotatable bonds is 5. The van der Waals surface area contributed by atoms with Crippen LogP contribution in [0.3, 0.4) is 0 Å². The minimum Gasteiger partial charge on any atom is -0.382 e. The zero-order chi connectivity index (χ0) is 19.8. The first-order chi connectivity index (χ1) is 14.2. The van der Waals surface area contributed by atoms with Crippen molar-refractivity contribution in [2.24, 2.45) is 11.8 Å². The van der Waals surface area contributed by atoms with Gasteiger partial charge >= 0.3 is 0 Å². The Morgan fingerprint density at radius 1 is 1.10 bits per heavy atom. The van der Waals surface area contributed by atoms with E-state index in [2.05, 4.69) is 84.1 Å². The average molecular weight is 387 g/mol. The van der Waals surface area contributed by atoms with Crippen LogP contribution in [0.4, 0.5) is 0 Å². The summed E-state index contributed by atoms with van der Waals surface area (Å²) in [5.74, 6) is 1.30. The molecule has 0 aliphatic carbocycles. The van der Waals surface area contributed by atoms with Crippen LogP contribution in [-0.2, 0) is 6.54 Å². The van der Waals surface area contributed by atoms with Gasteiger partial charge in [-0.25, -0.2) is 0 Å². The molecule has 148 valence electrons. The molecule has 1 unspecified atom stereocenters. The number of pyridine rings is 1. The molecule has 3 aliphatic rings. The van der Waals surface area contributed by atoms with Gasteiger partial charge in [-0.1, -0.05) is 48.5 Å². The number of benzene rings is 2. The van der Waals surface area contributed by atoms with Crippen molar-refractivity contribution in [1.29, 1.82) is 0 Å². The van der Waals surface area contributed by atoms with Gasteiger partial charge in [0, 0.05) is 42.0 Å². The van der Waals surface area contributed by atoms with E-state index >= 15 is 0 Å². The van der Waals surface area contributed by atoms with Gasteiger partial charge in [0.05, 0.1) is 18.5 Å². The topological polar surface area (TPSA) is 28.6 Å². The second-order valence-corrected chi connectivity index (χ2v) is 8.75. The maximum absolute atomic E-state index is 11.4. The quantitative estimate of drug-likeness (QED) is 0.512. The van der Waals surface area contributed by atoms with Gasteiger partial charge in [0.15, 0.2) is 12.7 Å². The predicted molar refractivity (Wildman–Crippen MR) is 116 cm³/mol. The zero-order valence-electron chi connectivity index (χ0n) is 16.9. The van der Waals surface area contributed by atoms with Gasteiger partial charge in [-0.3, -0.25) is 0 Å². The molecule has 3 aromatic rings. The molecule has 3 nitrogen and oxygen atoms in total. The van der Waals surface area contributed by atoms with E-state index in [9.17, 15) is 5.11 Å². The lowest BCUT2D eigenvalue weighted by Crippen LogP contribution is -3.20. The fourth-order valence-corrected chi connectivity index (χ4v) is 5.61. The van der Waals surface area contributed by atoms with Crippen LogP contribution in [-0.4, -0.2) is 24.2 Å². The molecule has 6 rings (SSSR count). The van der Waals surface area contributed by atoms with Gasteiger partial charge in [0.1, 0.15) is 12.1 Å². The van der Waals surface area contributed by atoms with E-state index in [0.717, 1.165) is 25.1 Å². The molecule has 4 heterocycles. The van der Waals surface area contributed by atoms with Crippen molar-refractivity contribution in [2.45, 2.75) is 31.5 Å². The largest absolute Gasteiger partial charge is 0.382 e. The Morgan fingerprint density at radius 2 is 1.90 bits per heavy atom. The lowest BCUT2D eigenvalue weighted by atomic mass is 9.73. The molecule has 3 fully saturated rings. The standard InChI is InChI=1S/C26H29N2O/c1-2-20-18-28-14-12-21(20)16-25(28)26(29)23-13-15-27(17-19-8-4-3-5-9-19)24-11-7-6-10-22(23)24/h2-11,13,15,20-21,25-26,29H,1,12,14,16-18H2/q+1/p+1/t20-,21-,25-,26+/m0/s1. The van der Waals surface area contributed by atoms with Gasteiger partial charge in [-0.15, -0.1) is 6.58 Å². The van der Waals surface area contributed by atoms with Gasteiger partial charge in [0.2, 0.25) is 5.52 Å². The molecule has 3 aliphatic heterocycles. The molecule has 0 saturated carbocycles. The molecule has 0 amide bonds. The first-order valence-corrected chi connectivity index (χ1v) is 10.8. The number of aliphatic hydroxyl groups is 1. The van der Waals surface area contributed by atoms with Gasteiger partial charge < -0.3 is 10.0 Å². The lowest BCUT2D eigenvalue weighted by molar-refractivity contribution is -0.949. The van der Waals surface area contributed by atoms with E-state index in [1.807, 2.05) is 0 Å². The summed E-state index contributed by atoms with van der Waals surface area (Å²) in [7, 11) is 0. The van der Waals surface area contributed by atoms with Crippen molar-refractivity contribution in [3.05, 3.63) is 90.6 Å². The van der Waals surface area contributed by atoms with Crippen LogP contribution in [0.2, 0.25) is 0 Å². The minimum atomic E-state index is -0.421. The van der Waals surface area contributed by atoms with Crippen LogP contribution in [0.5, 0.6) is 0 Å². The summed E-state index contributed by atoms with van der Waals surface area (Å²) >= 11 is 0. The highest BCUT2D eigenvalue weighted by Crippen LogP contribution is 2.33. The Morgan fingerprint density at radius 3 is 2.66 bits per heavy atom. The second-order valence-electron chi connectivity index (χ2n) is 8.75. The molecule has 1 aromatic heterocycles. The molecular formula is C26H30N2O+2. The van der Waals surface area contributed by atoms with Gasteiger partial charge in [0.25, 0.3) is 0 Å². The van der Waals surface area contributed by atoms with Crippen molar-refractivity contribution in [2.75, 3.05) is 13.1 Å².